The van der Waals surface area contributed by atoms with Gasteiger partial charge in [0.15, 0.2) is 0 Å². The third-order valence-corrected chi connectivity index (χ3v) is 10.7. The van der Waals surface area contributed by atoms with Crippen LogP contribution in [0.5, 0.6) is 0 Å². The molecule has 3 heteroatoms. The first-order valence-electron chi connectivity index (χ1n) is 12.9. The summed E-state index contributed by atoms with van der Waals surface area (Å²) in [6, 6.07) is 0. The molecule has 4 rings (SSSR count). The van der Waals surface area contributed by atoms with Crippen molar-refractivity contribution in [3.8, 4) is 0 Å². The molecule has 172 valence electrons. The van der Waals surface area contributed by atoms with E-state index in [2.05, 4.69) is 26.8 Å². The molecule has 0 amide bonds. The molecule has 4 unspecified atom stereocenters. The van der Waals surface area contributed by atoms with E-state index in [4.69, 9.17) is 0 Å². The van der Waals surface area contributed by atoms with Crippen molar-refractivity contribution in [3.63, 3.8) is 0 Å². The van der Waals surface area contributed by atoms with Crippen molar-refractivity contribution >= 4 is 0 Å². The fourth-order valence-corrected chi connectivity index (χ4v) is 8.66. The van der Waals surface area contributed by atoms with Gasteiger partial charge in [-0.05, 0) is 105 Å². The van der Waals surface area contributed by atoms with Gasteiger partial charge < -0.3 is 15.3 Å². The Morgan fingerprint density at radius 2 is 1.80 bits per heavy atom. The van der Waals surface area contributed by atoms with Crippen molar-refractivity contribution in [3.05, 3.63) is 11.6 Å². The van der Waals surface area contributed by atoms with Gasteiger partial charge in [-0.15, -0.1) is 0 Å². The third kappa shape index (κ3) is 3.71. The lowest BCUT2D eigenvalue weighted by atomic mass is 9.47. The average molecular weight is 419 g/mol. The summed E-state index contributed by atoms with van der Waals surface area (Å²) >= 11 is 0. The Balaban J connectivity index is 1.46. The summed E-state index contributed by atoms with van der Waals surface area (Å²) in [7, 11) is 0. The van der Waals surface area contributed by atoms with Gasteiger partial charge in [-0.1, -0.05) is 39.3 Å². The quantitative estimate of drug-likeness (QED) is 0.511. The molecule has 3 saturated carbocycles. The highest BCUT2D eigenvalue weighted by Gasteiger charge is 2.59. The van der Waals surface area contributed by atoms with Crippen LogP contribution in [-0.4, -0.2) is 34.1 Å². The second kappa shape index (κ2) is 8.52. The van der Waals surface area contributed by atoms with Gasteiger partial charge >= 0.3 is 0 Å². The summed E-state index contributed by atoms with van der Waals surface area (Å²) in [5.41, 5.74) is 2.35. The molecule has 4 aliphatic carbocycles. The van der Waals surface area contributed by atoms with Crippen molar-refractivity contribution < 1.29 is 15.3 Å². The van der Waals surface area contributed by atoms with E-state index >= 15 is 0 Å². The normalized spacial score (nSPS) is 46.2. The summed E-state index contributed by atoms with van der Waals surface area (Å²) in [4.78, 5) is 0. The number of rotatable bonds is 6. The molecule has 3 N–H and O–H groups in total. The topological polar surface area (TPSA) is 60.7 Å². The molecule has 0 aliphatic heterocycles. The van der Waals surface area contributed by atoms with Crippen molar-refractivity contribution in [2.24, 2.45) is 46.3 Å². The Bertz CT molecular complexity index is 644. The third-order valence-electron chi connectivity index (χ3n) is 10.7. The first-order valence-corrected chi connectivity index (χ1v) is 12.9. The van der Waals surface area contributed by atoms with E-state index in [1.165, 1.54) is 38.5 Å². The standard InChI is InChI=1S/C27H46O3/c1-17(5-10-25(30)18(2)16-28)22-8-9-23-21-7-6-19-15-20(29)11-13-26(19,3)24(21)12-14-27(22,23)4/h6,17-18,20-25,28-30H,5,7-16H2,1-4H3/t17-,18?,20+,21?,22-,23?,24?,25+,26+,27-/m1/s1. The second-order valence-electron chi connectivity index (χ2n) is 12.2. The number of aliphatic hydroxyl groups excluding tert-OH is 3. The Morgan fingerprint density at radius 3 is 2.53 bits per heavy atom. The van der Waals surface area contributed by atoms with Crippen LogP contribution in [0, 0.1) is 46.3 Å². The molecule has 10 atom stereocenters. The minimum Gasteiger partial charge on any atom is -0.396 e. The highest BCUT2D eigenvalue weighted by Crippen LogP contribution is 2.67. The molecule has 0 aromatic heterocycles. The van der Waals surface area contributed by atoms with Crippen LogP contribution >= 0.6 is 0 Å². The zero-order valence-electron chi connectivity index (χ0n) is 19.8. The molecule has 0 heterocycles. The molecule has 0 aromatic carbocycles. The fraction of sp³-hybridized carbons (Fsp3) is 0.926. The van der Waals surface area contributed by atoms with Crippen LogP contribution in [0.2, 0.25) is 0 Å². The largest absolute Gasteiger partial charge is 0.396 e. The van der Waals surface area contributed by atoms with Gasteiger partial charge in [0.25, 0.3) is 0 Å². The van der Waals surface area contributed by atoms with Crippen LogP contribution in [0.3, 0.4) is 0 Å². The summed E-state index contributed by atoms with van der Waals surface area (Å²) in [6.07, 6.45) is 13.7. The predicted molar refractivity (Wildman–Crippen MR) is 122 cm³/mol. The van der Waals surface area contributed by atoms with Gasteiger partial charge in [0, 0.05) is 12.5 Å². The van der Waals surface area contributed by atoms with Gasteiger partial charge in [0.2, 0.25) is 0 Å². The zero-order chi connectivity index (χ0) is 21.7. The van der Waals surface area contributed by atoms with E-state index in [1.807, 2.05) is 6.92 Å². The first-order chi connectivity index (χ1) is 14.2. The van der Waals surface area contributed by atoms with E-state index in [-0.39, 0.29) is 24.7 Å². The summed E-state index contributed by atoms with van der Waals surface area (Å²) in [6.45, 7) is 9.56. The van der Waals surface area contributed by atoms with E-state index < -0.39 is 0 Å². The summed E-state index contributed by atoms with van der Waals surface area (Å²) in [5, 5.41) is 29.9. The Morgan fingerprint density at radius 1 is 1.03 bits per heavy atom. The molecular weight excluding hydrogens is 372 g/mol. The highest BCUT2D eigenvalue weighted by atomic mass is 16.3. The molecular formula is C27H46O3. The van der Waals surface area contributed by atoms with Crippen molar-refractivity contribution in [1.82, 2.24) is 0 Å². The van der Waals surface area contributed by atoms with Crippen LogP contribution in [0.4, 0.5) is 0 Å². The van der Waals surface area contributed by atoms with Gasteiger partial charge in [-0.25, -0.2) is 0 Å². The number of aliphatic hydroxyl groups is 3. The molecule has 3 nitrogen and oxygen atoms in total. The van der Waals surface area contributed by atoms with Crippen LogP contribution in [0.25, 0.3) is 0 Å². The Labute approximate surface area is 184 Å². The average Bonchev–Trinajstić information content (AvgIpc) is 3.09. The lowest BCUT2D eigenvalue weighted by Gasteiger charge is -2.58. The van der Waals surface area contributed by atoms with Crippen LogP contribution in [0.15, 0.2) is 11.6 Å². The molecule has 4 aliphatic rings. The maximum atomic E-state index is 10.3. The van der Waals surface area contributed by atoms with Crippen LogP contribution in [0.1, 0.15) is 91.9 Å². The van der Waals surface area contributed by atoms with Crippen LogP contribution in [-0.2, 0) is 0 Å². The minimum atomic E-state index is -0.373. The van der Waals surface area contributed by atoms with Gasteiger partial charge in [0.05, 0.1) is 12.2 Å². The monoisotopic (exact) mass is 418 g/mol. The number of allylic oxidation sites excluding steroid dienone is 1. The number of fused-ring (bicyclic) bond motifs is 5. The van der Waals surface area contributed by atoms with Gasteiger partial charge in [-0.3, -0.25) is 0 Å². The zero-order valence-corrected chi connectivity index (χ0v) is 19.8. The SMILES string of the molecule is CC(CO)[C@@H](O)CC[C@@H](C)[C@H]1CCC2C3CC=C4C[C@@H](O)CC[C@]4(C)C3CC[C@@]21C. The molecule has 0 bridgehead atoms. The van der Waals surface area contributed by atoms with Crippen molar-refractivity contribution in [2.45, 2.75) is 104 Å². The molecule has 0 spiro atoms. The fourth-order valence-electron chi connectivity index (χ4n) is 8.66. The predicted octanol–water partition coefficient (Wildman–Crippen LogP) is 5.33. The lowest BCUT2D eigenvalue weighted by Crippen LogP contribution is -2.50. The molecule has 0 radical (unpaired) electrons. The minimum absolute atomic E-state index is 0.0162. The Hall–Kier alpha value is -0.380. The number of hydrogen-bond donors (Lipinski definition) is 3. The maximum absolute atomic E-state index is 10.3. The van der Waals surface area contributed by atoms with Gasteiger partial charge in [0.1, 0.15) is 0 Å². The Kier molecular flexibility index (Phi) is 6.48. The summed E-state index contributed by atoms with van der Waals surface area (Å²) < 4.78 is 0. The van der Waals surface area contributed by atoms with E-state index in [0.717, 1.165) is 49.4 Å². The second-order valence-corrected chi connectivity index (χ2v) is 12.2. The van der Waals surface area contributed by atoms with Crippen molar-refractivity contribution in [2.75, 3.05) is 6.61 Å². The highest BCUT2D eigenvalue weighted by molar-refractivity contribution is 5.25. The van der Waals surface area contributed by atoms with Crippen LogP contribution < -0.4 is 0 Å². The maximum Gasteiger partial charge on any atom is 0.0587 e. The molecule has 0 aromatic rings. The molecule has 0 saturated heterocycles. The smallest absolute Gasteiger partial charge is 0.0587 e. The van der Waals surface area contributed by atoms with E-state index in [0.29, 0.717) is 16.7 Å². The van der Waals surface area contributed by atoms with E-state index in [1.54, 1.807) is 5.57 Å². The van der Waals surface area contributed by atoms with Gasteiger partial charge in [-0.2, -0.15) is 0 Å². The first kappa shape index (κ1) is 22.8. The van der Waals surface area contributed by atoms with Crippen molar-refractivity contribution in [1.29, 1.82) is 0 Å². The molecule has 30 heavy (non-hydrogen) atoms. The summed E-state index contributed by atoms with van der Waals surface area (Å²) in [5.74, 6) is 3.87. The lowest BCUT2D eigenvalue weighted by molar-refractivity contribution is -0.0581. The number of hydrogen-bond acceptors (Lipinski definition) is 3. The molecule has 3 fully saturated rings. The van der Waals surface area contributed by atoms with E-state index in [9.17, 15) is 15.3 Å².